The monoisotopic (exact) mass is 268 g/mol. The molecule has 2 aromatic rings. The highest BCUT2D eigenvalue weighted by molar-refractivity contribution is 6.00. The predicted molar refractivity (Wildman–Crippen MR) is 74.0 cm³/mol. The SMILES string of the molecule is Cc1ccc2c(c1)C(=O)CC(c1cncn1C1CC1)O2. The van der Waals surface area contributed by atoms with Gasteiger partial charge in [-0.25, -0.2) is 4.98 Å². The van der Waals surface area contributed by atoms with Gasteiger partial charge in [0, 0.05) is 6.04 Å². The van der Waals surface area contributed by atoms with Crippen LogP contribution < -0.4 is 4.74 Å². The summed E-state index contributed by atoms with van der Waals surface area (Å²) in [6.07, 6.45) is 6.26. The molecule has 0 saturated heterocycles. The summed E-state index contributed by atoms with van der Waals surface area (Å²) >= 11 is 0. The third kappa shape index (κ3) is 1.83. The molecule has 1 aromatic heterocycles. The second-order valence-electron chi connectivity index (χ2n) is 5.69. The molecule has 0 radical (unpaired) electrons. The van der Waals surface area contributed by atoms with Crippen LogP contribution in [0.5, 0.6) is 5.75 Å². The first-order chi connectivity index (χ1) is 9.72. The summed E-state index contributed by atoms with van der Waals surface area (Å²) in [5.41, 5.74) is 2.81. The van der Waals surface area contributed by atoms with Gasteiger partial charge in [-0.1, -0.05) is 11.6 Å². The Bertz CT molecular complexity index is 686. The number of benzene rings is 1. The molecule has 1 unspecified atom stereocenters. The second kappa shape index (κ2) is 4.20. The van der Waals surface area contributed by atoms with Gasteiger partial charge in [0.1, 0.15) is 11.9 Å². The summed E-state index contributed by atoms with van der Waals surface area (Å²) in [5.74, 6) is 0.851. The van der Waals surface area contributed by atoms with Crippen LogP contribution in [0, 0.1) is 6.92 Å². The first-order valence-electron chi connectivity index (χ1n) is 7.04. The normalized spacial score (nSPS) is 21.4. The lowest BCUT2D eigenvalue weighted by molar-refractivity contribution is 0.0839. The van der Waals surface area contributed by atoms with E-state index in [1.807, 2.05) is 37.6 Å². The summed E-state index contributed by atoms with van der Waals surface area (Å²) in [7, 11) is 0. The number of Topliss-reactive ketones (excluding diaryl/α,β-unsaturated/α-hetero) is 1. The third-order valence-corrected chi connectivity index (χ3v) is 4.04. The third-order valence-electron chi connectivity index (χ3n) is 4.04. The maximum absolute atomic E-state index is 12.3. The van der Waals surface area contributed by atoms with E-state index in [0.29, 0.717) is 23.8 Å². The summed E-state index contributed by atoms with van der Waals surface area (Å²) in [6, 6.07) is 6.33. The number of ether oxygens (including phenoxy) is 1. The molecule has 0 bridgehead atoms. The van der Waals surface area contributed by atoms with Gasteiger partial charge in [0.2, 0.25) is 0 Å². The molecule has 1 atom stereocenters. The van der Waals surface area contributed by atoms with Crippen molar-refractivity contribution in [1.29, 1.82) is 0 Å². The van der Waals surface area contributed by atoms with Gasteiger partial charge in [-0.2, -0.15) is 0 Å². The molecule has 0 N–H and O–H groups in total. The van der Waals surface area contributed by atoms with Crippen molar-refractivity contribution in [2.45, 2.75) is 38.3 Å². The first-order valence-corrected chi connectivity index (χ1v) is 7.04. The van der Waals surface area contributed by atoms with Crippen molar-refractivity contribution in [3.8, 4) is 5.75 Å². The minimum Gasteiger partial charge on any atom is -0.483 e. The van der Waals surface area contributed by atoms with Crippen LogP contribution in [-0.2, 0) is 0 Å². The highest BCUT2D eigenvalue weighted by atomic mass is 16.5. The van der Waals surface area contributed by atoms with E-state index in [1.165, 1.54) is 12.8 Å². The lowest BCUT2D eigenvalue weighted by Gasteiger charge is -2.26. The number of imidazole rings is 1. The van der Waals surface area contributed by atoms with Crippen molar-refractivity contribution in [2.75, 3.05) is 0 Å². The number of hydrogen-bond donors (Lipinski definition) is 0. The van der Waals surface area contributed by atoms with E-state index in [-0.39, 0.29) is 11.9 Å². The van der Waals surface area contributed by atoms with Crippen LogP contribution in [0.3, 0.4) is 0 Å². The number of carbonyl (C=O) groups excluding carboxylic acids is 1. The van der Waals surface area contributed by atoms with Gasteiger partial charge in [0.05, 0.1) is 30.2 Å². The number of carbonyl (C=O) groups is 1. The Balaban J connectivity index is 1.70. The van der Waals surface area contributed by atoms with Crippen LogP contribution >= 0.6 is 0 Å². The number of fused-ring (bicyclic) bond motifs is 1. The van der Waals surface area contributed by atoms with Crippen LogP contribution in [0.2, 0.25) is 0 Å². The minimum atomic E-state index is -0.208. The summed E-state index contributed by atoms with van der Waals surface area (Å²) in [5, 5.41) is 0. The van der Waals surface area contributed by atoms with Gasteiger partial charge in [-0.3, -0.25) is 4.79 Å². The van der Waals surface area contributed by atoms with Gasteiger partial charge in [-0.05, 0) is 31.9 Å². The summed E-state index contributed by atoms with van der Waals surface area (Å²) < 4.78 is 8.20. The predicted octanol–water partition coefficient (Wildman–Crippen LogP) is 3.23. The lowest BCUT2D eigenvalue weighted by atomic mass is 9.97. The molecule has 1 saturated carbocycles. The Kier molecular flexibility index (Phi) is 2.46. The van der Waals surface area contributed by atoms with Crippen LogP contribution in [0.15, 0.2) is 30.7 Å². The topological polar surface area (TPSA) is 44.1 Å². The second-order valence-corrected chi connectivity index (χ2v) is 5.69. The maximum atomic E-state index is 12.3. The van der Waals surface area contributed by atoms with Gasteiger partial charge in [0.15, 0.2) is 5.78 Å². The van der Waals surface area contributed by atoms with Gasteiger partial charge < -0.3 is 9.30 Å². The van der Waals surface area contributed by atoms with E-state index >= 15 is 0 Å². The fourth-order valence-electron chi connectivity index (χ4n) is 2.82. The molecule has 0 amide bonds. The Labute approximate surface area is 117 Å². The zero-order chi connectivity index (χ0) is 13.7. The molecule has 4 heteroatoms. The average molecular weight is 268 g/mol. The van der Waals surface area contributed by atoms with Gasteiger partial charge in [-0.15, -0.1) is 0 Å². The van der Waals surface area contributed by atoms with Crippen LogP contribution in [0.1, 0.15) is 53.0 Å². The molecular weight excluding hydrogens is 252 g/mol. The highest BCUT2D eigenvalue weighted by Gasteiger charge is 2.33. The molecule has 1 aromatic carbocycles. The highest BCUT2D eigenvalue weighted by Crippen LogP contribution is 2.40. The largest absolute Gasteiger partial charge is 0.483 e. The van der Waals surface area contributed by atoms with E-state index in [2.05, 4.69) is 9.55 Å². The number of nitrogens with zero attached hydrogens (tertiary/aromatic N) is 2. The number of aromatic nitrogens is 2. The standard InChI is InChI=1S/C16H16N2O2/c1-10-2-5-15-12(6-10)14(19)7-16(20-15)13-8-17-9-18(13)11-3-4-11/h2,5-6,8-9,11,16H,3-4,7H2,1H3. The number of hydrogen-bond acceptors (Lipinski definition) is 3. The summed E-state index contributed by atoms with van der Waals surface area (Å²) in [4.78, 5) is 16.6. The zero-order valence-corrected chi connectivity index (χ0v) is 11.4. The Morgan fingerprint density at radius 2 is 2.20 bits per heavy atom. The Hall–Kier alpha value is -2.10. The van der Waals surface area contributed by atoms with Gasteiger partial charge >= 0.3 is 0 Å². The summed E-state index contributed by atoms with van der Waals surface area (Å²) in [6.45, 7) is 1.99. The van der Waals surface area contributed by atoms with E-state index in [0.717, 1.165) is 11.3 Å². The first kappa shape index (κ1) is 11.7. The lowest BCUT2D eigenvalue weighted by Crippen LogP contribution is -2.22. The van der Waals surface area contributed by atoms with Crippen LogP contribution in [0.4, 0.5) is 0 Å². The molecule has 2 heterocycles. The molecule has 1 aliphatic heterocycles. The average Bonchev–Trinajstić information content (AvgIpc) is 3.17. The molecule has 1 fully saturated rings. The molecule has 102 valence electrons. The van der Waals surface area contributed by atoms with Crippen molar-refractivity contribution in [3.63, 3.8) is 0 Å². The van der Waals surface area contributed by atoms with Crippen LogP contribution in [-0.4, -0.2) is 15.3 Å². The van der Waals surface area contributed by atoms with Gasteiger partial charge in [0.25, 0.3) is 0 Å². The van der Waals surface area contributed by atoms with E-state index in [9.17, 15) is 4.79 Å². The Morgan fingerprint density at radius 1 is 1.35 bits per heavy atom. The molecule has 0 spiro atoms. The fraction of sp³-hybridized carbons (Fsp3) is 0.375. The van der Waals surface area contributed by atoms with Crippen LogP contribution in [0.25, 0.3) is 0 Å². The molecule has 20 heavy (non-hydrogen) atoms. The number of aryl methyl sites for hydroxylation is 1. The van der Waals surface area contributed by atoms with E-state index < -0.39 is 0 Å². The van der Waals surface area contributed by atoms with Crippen molar-refractivity contribution in [3.05, 3.63) is 47.5 Å². The Morgan fingerprint density at radius 3 is 3.00 bits per heavy atom. The molecular formula is C16H16N2O2. The maximum Gasteiger partial charge on any atom is 0.170 e. The molecule has 4 rings (SSSR count). The minimum absolute atomic E-state index is 0.156. The molecule has 4 nitrogen and oxygen atoms in total. The van der Waals surface area contributed by atoms with Crippen molar-refractivity contribution < 1.29 is 9.53 Å². The van der Waals surface area contributed by atoms with E-state index in [4.69, 9.17) is 4.74 Å². The van der Waals surface area contributed by atoms with Crippen molar-refractivity contribution >= 4 is 5.78 Å². The number of ketones is 1. The van der Waals surface area contributed by atoms with Crippen molar-refractivity contribution in [1.82, 2.24) is 9.55 Å². The zero-order valence-electron chi connectivity index (χ0n) is 11.4. The molecule has 1 aliphatic carbocycles. The molecule has 2 aliphatic rings. The quantitative estimate of drug-likeness (QED) is 0.840. The van der Waals surface area contributed by atoms with Crippen molar-refractivity contribution in [2.24, 2.45) is 0 Å². The smallest absolute Gasteiger partial charge is 0.170 e. The van der Waals surface area contributed by atoms with E-state index in [1.54, 1.807) is 0 Å². The number of rotatable bonds is 2. The fourth-order valence-corrected chi connectivity index (χ4v) is 2.82.